The predicted octanol–water partition coefficient (Wildman–Crippen LogP) is 4.70. The molecule has 0 aliphatic heterocycles. The Balaban J connectivity index is 2.05. The van der Waals surface area contributed by atoms with Crippen LogP contribution < -0.4 is 4.90 Å². The zero-order valence-corrected chi connectivity index (χ0v) is 15.5. The largest absolute Gasteiger partial charge is 0.481 e. The average Bonchev–Trinajstić information content (AvgIpc) is 2.66. The smallest absolute Gasteiger partial charge is 0.306 e. The van der Waals surface area contributed by atoms with Crippen LogP contribution in [0.5, 0.6) is 0 Å². The summed E-state index contributed by atoms with van der Waals surface area (Å²) < 4.78 is 0. The van der Waals surface area contributed by atoms with Crippen LogP contribution in [-0.2, 0) is 4.79 Å². The molecule has 0 bridgehead atoms. The summed E-state index contributed by atoms with van der Waals surface area (Å²) in [5.74, 6) is -1.10. The first-order valence-corrected chi connectivity index (χ1v) is 8.84. The summed E-state index contributed by atoms with van der Waals surface area (Å²) in [7, 11) is 1.99. The van der Waals surface area contributed by atoms with Gasteiger partial charge in [0.1, 0.15) is 0 Å². The number of para-hydroxylation sites is 1. The van der Waals surface area contributed by atoms with Gasteiger partial charge in [-0.2, -0.15) is 0 Å². The van der Waals surface area contributed by atoms with Crippen LogP contribution in [0.4, 0.5) is 11.4 Å². The minimum atomic E-state index is -0.760. The first kappa shape index (κ1) is 20.2. The number of aliphatic carboxylic acids is 1. The molecule has 2 aromatic rings. The van der Waals surface area contributed by atoms with Gasteiger partial charge < -0.3 is 10.0 Å². The van der Waals surface area contributed by atoms with Crippen molar-refractivity contribution in [1.29, 1.82) is 0 Å². The SMILES string of the molecule is CC(CCCN(C)c1ccccc1C=Cc1ccc([N+](=O)[O-])cc1)C(=O)O. The molecule has 0 aromatic heterocycles. The second-order valence-electron chi connectivity index (χ2n) is 6.54. The van der Waals surface area contributed by atoms with Gasteiger partial charge in [0.05, 0.1) is 10.8 Å². The Morgan fingerprint density at radius 3 is 2.48 bits per heavy atom. The van der Waals surface area contributed by atoms with Gasteiger partial charge >= 0.3 is 5.97 Å². The van der Waals surface area contributed by atoms with Crippen LogP contribution in [0.15, 0.2) is 48.5 Å². The number of hydrogen-bond donors (Lipinski definition) is 1. The quantitative estimate of drug-likeness (QED) is 0.394. The molecule has 0 aliphatic rings. The Kier molecular flexibility index (Phi) is 7.11. The van der Waals surface area contributed by atoms with Crippen molar-refractivity contribution in [2.45, 2.75) is 19.8 Å². The Labute approximate surface area is 158 Å². The fraction of sp³-hybridized carbons (Fsp3) is 0.286. The van der Waals surface area contributed by atoms with Crippen molar-refractivity contribution in [2.24, 2.45) is 5.92 Å². The number of hydrogen-bond acceptors (Lipinski definition) is 4. The highest BCUT2D eigenvalue weighted by molar-refractivity contribution is 5.77. The van der Waals surface area contributed by atoms with E-state index in [2.05, 4.69) is 4.90 Å². The summed E-state index contributed by atoms with van der Waals surface area (Å²) in [6.45, 7) is 2.49. The maximum Gasteiger partial charge on any atom is 0.306 e. The number of rotatable bonds is 9. The first-order valence-electron chi connectivity index (χ1n) is 8.84. The molecule has 0 fully saturated rings. The highest BCUT2D eigenvalue weighted by atomic mass is 16.6. The fourth-order valence-corrected chi connectivity index (χ4v) is 2.75. The van der Waals surface area contributed by atoms with E-state index in [1.807, 2.05) is 43.5 Å². The van der Waals surface area contributed by atoms with Crippen LogP contribution in [0.2, 0.25) is 0 Å². The topological polar surface area (TPSA) is 83.7 Å². The Morgan fingerprint density at radius 2 is 1.85 bits per heavy atom. The Morgan fingerprint density at radius 1 is 1.19 bits per heavy atom. The van der Waals surface area contributed by atoms with E-state index in [4.69, 9.17) is 5.11 Å². The van der Waals surface area contributed by atoms with E-state index in [-0.39, 0.29) is 11.6 Å². The van der Waals surface area contributed by atoms with E-state index in [0.717, 1.165) is 29.8 Å². The van der Waals surface area contributed by atoms with Gasteiger partial charge in [0, 0.05) is 31.4 Å². The molecular weight excluding hydrogens is 344 g/mol. The number of carboxylic acids is 1. The van der Waals surface area contributed by atoms with E-state index in [1.54, 1.807) is 19.1 Å². The standard InChI is InChI=1S/C21H24N2O4/c1-16(21(24)25)6-5-15-22(2)20-8-4-3-7-18(20)12-9-17-10-13-19(14-11-17)23(26)27/h3-4,7-14,16H,5-6,15H2,1-2H3,(H,24,25). The van der Waals surface area contributed by atoms with Crippen molar-refractivity contribution in [1.82, 2.24) is 0 Å². The van der Waals surface area contributed by atoms with Crippen LogP contribution in [0.3, 0.4) is 0 Å². The molecule has 0 radical (unpaired) electrons. The third-order valence-corrected chi connectivity index (χ3v) is 4.46. The lowest BCUT2D eigenvalue weighted by Crippen LogP contribution is -2.21. The summed E-state index contributed by atoms with van der Waals surface area (Å²) in [6.07, 6.45) is 5.33. The van der Waals surface area contributed by atoms with E-state index in [1.165, 1.54) is 12.1 Å². The molecule has 27 heavy (non-hydrogen) atoms. The van der Waals surface area contributed by atoms with Gasteiger partial charge in [-0.15, -0.1) is 0 Å². The average molecular weight is 368 g/mol. The molecule has 6 nitrogen and oxygen atoms in total. The maximum absolute atomic E-state index is 10.9. The van der Waals surface area contributed by atoms with E-state index < -0.39 is 10.9 Å². The molecule has 6 heteroatoms. The molecule has 0 heterocycles. The summed E-state index contributed by atoms with van der Waals surface area (Å²) in [5.41, 5.74) is 3.04. The second-order valence-corrected chi connectivity index (χ2v) is 6.54. The molecule has 2 rings (SSSR count). The van der Waals surface area contributed by atoms with E-state index in [9.17, 15) is 14.9 Å². The molecule has 142 valence electrons. The number of benzene rings is 2. The van der Waals surface area contributed by atoms with Crippen molar-refractivity contribution in [3.05, 3.63) is 69.8 Å². The normalized spacial score (nSPS) is 12.1. The second kappa shape index (κ2) is 9.52. The molecule has 2 aromatic carbocycles. The first-order chi connectivity index (χ1) is 12.9. The van der Waals surface area contributed by atoms with Crippen molar-refractivity contribution in [2.75, 3.05) is 18.5 Å². The highest BCUT2D eigenvalue weighted by Crippen LogP contribution is 2.23. The van der Waals surface area contributed by atoms with Crippen molar-refractivity contribution < 1.29 is 14.8 Å². The highest BCUT2D eigenvalue weighted by Gasteiger charge is 2.11. The third kappa shape index (κ3) is 5.95. The van der Waals surface area contributed by atoms with Crippen LogP contribution in [0.25, 0.3) is 12.2 Å². The summed E-state index contributed by atoms with van der Waals surface area (Å²) in [5, 5.41) is 19.7. The number of anilines is 1. The molecule has 0 aliphatic carbocycles. The molecule has 1 unspecified atom stereocenters. The summed E-state index contributed by atoms with van der Waals surface area (Å²) in [4.78, 5) is 23.3. The minimum Gasteiger partial charge on any atom is -0.481 e. The lowest BCUT2D eigenvalue weighted by molar-refractivity contribution is -0.384. The summed E-state index contributed by atoms with van der Waals surface area (Å²) >= 11 is 0. The van der Waals surface area contributed by atoms with Gasteiger partial charge in [-0.3, -0.25) is 14.9 Å². The number of nitro benzene ring substituents is 1. The number of carbonyl (C=O) groups is 1. The van der Waals surface area contributed by atoms with Gasteiger partial charge in [-0.05, 0) is 42.2 Å². The van der Waals surface area contributed by atoms with E-state index in [0.29, 0.717) is 6.42 Å². The fourth-order valence-electron chi connectivity index (χ4n) is 2.75. The van der Waals surface area contributed by atoms with Crippen molar-refractivity contribution in [3.8, 4) is 0 Å². The molecular formula is C21H24N2O4. The third-order valence-electron chi connectivity index (χ3n) is 4.46. The zero-order chi connectivity index (χ0) is 19.8. The van der Waals surface area contributed by atoms with Gasteiger partial charge in [0.15, 0.2) is 0 Å². The Hall–Kier alpha value is -3.15. The van der Waals surface area contributed by atoms with Gasteiger partial charge in [0.2, 0.25) is 0 Å². The Bertz CT molecular complexity index is 815. The van der Waals surface area contributed by atoms with Gasteiger partial charge in [-0.1, -0.05) is 37.3 Å². The molecule has 1 atom stereocenters. The van der Waals surface area contributed by atoms with Crippen LogP contribution in [-0.4, -0.2) is 29.6 Å². The zero-order valence-electron chi connectivity index (χ0n) is 15.5. The van der Waals surface area contributed by atoms with Gasteiger partial charge in [-0.25, -0.2) is 0 Å². The maximum atomic E-state index is 10.9. The number of carboxylic acid groups (broad SMARTS) is 1. The monoisotopic (exact) mass is 368 g/mol. The molecule has 0 amide bonds. The molecule has 0 saturated heterocycles. The van der Waals surface area contributed by atoms with Crippen LogP contribution >= 0.6 is 0 Å². The molecule has 0 spiro atoms. The van der Waals surface area contributed by atoms with Crippen LogP contribution in [0, 0.1) is 16.0 Å². The lowest BCUT2D eigenvalue weighted by atomic mass is 10.1. The van der Waals surface area contributed by atoms with E-state index >= 15 is 0 Å². The predicted molar refractivity (Wildman–Crippen MR) is 108 cm³/mol. The van der Waals surface area contributed by atoms with Crippen LogP contribution in [0.1, 0.15) is 30.9 Å². The minimum absolute atomic E-state index is 0.0721. The lowest BCUT2D eigenvalue weighted by Gasteiger charge is -2.22. The summed E-state index contributed by atoms with van der Waals surface area (Å²) in [6, 6.07) is 14.4. The van der Waals surface area contributed by atoms with Crippen molar-refractivity contribution in [3.63, 3.8) is 0 Å². The molecule has 1 N–H and O–H groups in total. The van der Waals surface area contributed by atoms with Gasteiger partial charge in [0.25, 0.3) is 5.69 Å². The number of nitrogens with zero attached hydrogens (tertiary/aromatic N) is 2. The van der Waals surface area contributed by atoms with Crippen molar-refractivity contribution >= 4 is 29.5 Å². The number of nitro groups is 1. The number of non-ortho nitro benzene ring substituents is 1. The molecule has 0 saturated carbocycles.